The fraction of sp³-hybridized carbons (Fsp3) is 0.917. The second-order valence-electron chi connectivity index (χ2n) is 2.56. The molecule has 0 saturated carbocycles. The lowest BCUT2D eigenvalue weighted by molar-refractivity contribution is -0.130. The van der Waals surface area contributed by atoms with Gasteiger partial charge < -0.3 is 4.90 Å². The fourth-order valence-corrected chi connectivity index (χ4v) is 1.07. The van der Waals surface area contributed by atoms with Gasteiger partial charge in [-0.15, -0.1) is 0 Å². The average Bonchev–Trinajstić information content (AvgIpc) is 2.24. The van der Waals surface area contributed by atoms with Gasteiger partial charge in [0, 0.05) is 19.5 Å². The Morgan fingerprint density at radius 1 is 1.14 bits per heavy atom. The smallest absolute Gasteiger partial charge is 0.219 e. The lowest BCUT2D eigenvalue weighted by Gasteiger charge is -2.25. The van der Waals surface area contributed by atoms with E-state index in [1.165, 1.54) is 0 Å². The molecule has 2 nitrogen and oxygen atoms in total. The van der Waals surface area contributed by atoms with E-state index in [0.717, 1.165) is 13.0 Å². The summed E-state index contributed by atoms with van der Waals surface area (Å²) in [6, 6.07) is 0.391. The highest BCUT2D eigenvalue weighted by molar-refractivity contribution is 5.73. The Hall–Kier alpha value is -0.530. The van der Waals surface area contributed by atoms with E-state index in [2.05, 4.69) is 13.8 Å². The minimum atomic E-state index is 0.178. The van der Waals surface area contributed by atoms with Gasteiger partial charge in [0.2, 0.25) is 5.91 Å². The number of nitrogens with zero attached hydrogens (tertiary/aromatic N) is 1. The lowest BCUT2D eigenvalue weighted by Crippen LogP contribution is -2.36. The first-order chi connectivity index (χ1) is 6.63. The average molecular weight is 203 g/mol. The zero-order chi connectivity index (χ0) is 12.1. The third-order valence-corrected chi connectivity index (χ3v) is 1.87. The molecule has 0 heterocycles. The molecule has 1 unspecified atom stereocenters. The molecule has 0 aromatic heterocycles. The topological polar surface area (TPSA) is 20.3 Å². The Labute approximate surface area is 90.7 Å². The van der Waals surface area contributed by atoms with Crippen LogP contribution in [0, 0.1) is 0 Å². The first-order valence-corrected chi connectivity index (χ1v) is 5.90. The maximum Gasteiger partial charge on any atom is 0.219 e. The molecule has 0 aliphatic rings. The molecule has 0 N–H and O–H groups in total. The minimum Gasteiger partial charge on any atom is -0.341 e. The van der Waals surface area contributed by atoms with Crippen molar-refractivity contribution < 1.29 is 4.79 Å². The monoisotopic (exact) mass is 203 g/mol. The second-order valence-corrected chi connectivity index (χ2v) is 2.56. The molecule has 88 valence electrons. The first-order valence-electron chi connectivity index (χ1n) is 5.90. The van der Waals surface area contributed by atoms with Gasteiger partial charge in [0.05, 0.1) is 0 Å². The summed E-state index contributed by atoms with van der Waals surface area (Å²) in [4.78, 5) is 12.8. The summed E-state index contributed by atoms with van der Waals surface area (Å²) in [5, 5.41) is 0. The number of rotatable bonds is 3. The molecule has 2 heteroatoms. The van der Waals surface area contributed by atoms with E-state index in [9.17, 15) is 4.79 Å². The van der Waals surface area contributed by atoms with Gasteiger partial charge in [0.25, 0.3) is 0 Å². The van der Waals surface area contributed by atoms with Gasteiger partial charge in [-0.2, -0.15) is 0 Å². The number of carbonyl (C=O) groups excluding carboxylic acids is 1. The van der Waals surface area contributed by atoms with Gasteiger partial charge in [-0.05, 0) is 20.3 Å². The number of hydrogen-bond donors (Lipinski definition) is 0. The molecule has 0 bridgehead atoms. The van der Waals surface area contributed by atoms with Crippen molar-refractivity contribution in [1.29, 1.82) is 0 Å². The summed E-state index contributed by atoms with van der Waals surface area (Å²) in [6.45, 7) is 16.6. The summed E-state index contributed by atoms with van der Waals surface area (Å²) >= 11 is 0. The molecule has 0 aromatic carbocycles. The summed E-state index contributed by atoms with van der Waals surface area (Å²) in [5.41, 5.74) is 0. The Bertz CT molecular complexity index is 113. The van der Waals surface area contributed by atoms with Gasteiger partial charge in [0.15, 0.2) is 0 Å². The molecular weight excluding hydrogens is 174 g/mol. The van der Waals surface area contributed by atoms with Crippen LogP contribution in [0.5, 0.6) is 0 Å². The van der Waals surface area contributed by atoms with E-state index < -0.39 is 0 Å². The Balaban J connectivity index is -0.000000266. The molecule has 0 saturated heterocycles. The molecule has 1 atom stereocenters. The van der Waals surface area contributed by atoms with E-state index in [1.54, 1.807) is 6.92 Å². The van der Waals surface area contributed by atoms with E-state index in [0.29, 0.717) is 6.04 Å². The standard InChI is InChI=1S/C8H17NO.2C2H6/c1-5-7(3)9(6-2)8(4)10;2*1-2/h7H,5-6H2,1-4H3;2*1-2H3. The summed E-state index contributed by atoms with van der Waals surface area (Å²) in [6.07, 6.45) is 1.04. The van der Waals surface area contributed by atoms with Crippen molar-refractivity contribution in [2.45, 2.75) is 67.9 Å². The highest BCUT2D eigenvalue weighted by Crippen LogP contribution is 2.02. The van der Waals surface area contributed by atoms with Crippen molar-refractivity contribution in [2.75, 3.05) is 6.54 Å². The van der Waals surface area contributed by atoms with Crippen molar-refractivity contribution in [3.8, 4) is 0 Å². The largest absolute Gasteiger partial charge is 0.341 e. The maximum absolute atomic E-state index is 10.9. The van der Waals surface area contributed by atoms with Crippen LogP contribution in [0.3, 0.4) is 0 Å². The second kappa shape index (κ2) is 15.0. The first kappa shape index (κ1) is 19.1. The van der Waals surface area contributed by atoms with Crippen LogP contribution in [-0.4, -0.2) is 23.4 Å². The Morgan fingerprint density at radius 3 is 1.57 bits per heavy atom. The highest BCUT2D eigenvalue weighted by Gasteiger charge is 2.11. The predicted molar refractivity (Wildman–Crippen MR) is 65.5 cm³/mol. The van der Waals surface area contributed by atoms with Crippen molar-refractivity contribution >= 4 is 5.91 Å². The van der Waals surface area contributed by atoms with Crippen LogP contribution in [0.2, 0.25) is 0 Å². The highest BCUT2D eigenvalue weighted by atomic mass is 16.2. The zero-order valence-electron chi connectivity index (χ0n) is 11.3. The van der Waals surface area contributed by atoms with Gasteiger partial charge >= 0.3 is 0 Å². The van der Waals surface area contributed by atoms with E-state index >= 15 is 0 Å². The van der Waals surface area contributed by atoms with E-state index in [4.69, 9.17) is 0 Å². The lowest BCUT2D eigenvalue weighted by atomic mass is 10.2. The van der Waals surface area contributed by atoms with Crippen LogP contribution in [0.4, 0.5) is 0 Å². The minimum absolute atomic E-state index is 0.178. The van der Waals surface area contributed by atoms with Crippen molar-refractivity contribution in [3.05, 3.63) is 0 Å². The third-order valence-electron chi connectivity index (χ3n) is 1.87. The normalized spacial score (nSPS) is 10.0. The third kappa shape index (κ3) is 9.56. The summed E-state index contributed by atoms with van der Waals surface area (Å²) in [5.74, 6) is 0.178. The SMILES string of the molecule is CC.CC.CCC(C)N(CC)C(C)=O. The van der Waals surface area contributed by atoms with Gasteiger partial charge in [-0.25, -0.2) is 0 Å². The molecule has 0 radical (unpaired) electrons. The van der Waals surface area contributed by atoms with Crippen LogP contribution in [-0.2, 0) is 4.79 Å². The summed E-state index contributed by atoms with van der Waals surface area (Å²) < 4.78 is 0. The molecule has 0 fully saturated rings. The van der Waals surface area contributed by atoms with Crippen LogP contribution >= 0.6 is 0 Å². The van der Waals surface area contributed by atoms with Crippen LogP contribution in [0.25, 0.3) is 0 Å². The van der Waals surface area contributed by atoms with Gasteiger partial charge in [0.1, 0.15) is 0 Å². The quantitative estimate of drug-likeness (QED) is 0.685. The molecule has 0 spiro atoms. The van der Waals surface area contributed by atoms with E-state index in [-0.39, 0.29) is 5.91 Å². The van der Waals surface area contributed by atoms with E-state index in [1.807, 2.05) is 39.5 Å². The predicted octanol–water partition coefficient (Wildman–Crippen LogP) is 3.71. The van der Waals surface area contributed by atoms with Gasteiger partial charge in [-0.3, -0.25) is 4.79 Å². The fourth-order valence-electron chi connectivity index (χ4n) is 1.07. The van der Waals surface area contributed by atoms with Gasteiger partial charge in [-0.1, -0.05) is 34.6 Å². The number of carbonyl (C=O) groups is 1. The molecule has 0 rings (SSSR count). The van der Waals surface area contributed by atoms with Crippen molar-refractivity contribution in [3.63, 3.8) is 0 Å². The molecule has 14 heavy (non-hydrogen) atoms. The van der Waals surface area contributed by atoms with Crippen molar-refractivity contribution in [2.24, 2.45) is 0 Å². The zero-order valence-corrected chi connectivity index (χ0v) is 11.3. The Kier molecular flexibility index (Phi) is 20.4. The maximum atomic E-state index is 10.9. The summed E-state index contributed by atoms with van der Waals surface area (Å²) in [7, 11) is 0. The van der Waals surface area contributed by atoms with Crippen molar-refractivity contribution in [1.82, 2.24) is 4.90 Å². The van der Waals surface area contributed by atoms with Crippen LogP contribution in [0.15, 0.2) is 0 Å². The number of hydrogen-bond acceptors (Lipinski definition) is 1. The molecule has 0 aromatic rings. The molecule has 0 aliphatic carbocycles. The molecular formula is C12H29NO. The number of amides is 1. The Morgan fingerprint density at radius 2 is 1.50 bits per heavy atom. The van der Waals surface area contributed by atoms with Crippen LogP contribution in [0.1, 0.15) is 61.8 Å². The van der Waals surface area contributed by atoms with Crippen LogP contribution < -0.4 is 0 Å². The molecule has 0 aliphatic heterocycles. The molecule has 1 amide bonds.